The Morgan fingerprint density at radius 3 is 2.33 bits per heavy atom. The van der Waals surface area contributed by atoms with E-state index in [0.29, 0.717) is 23.2 Å². The molecular formula is C24H27FINO5S. The van der Waals surface area contributed by atoms with Gasteiger partial charge in [0.1, 0.15) is 30.2 Å². The maximum atomic E-state index is 14.8. The van der Waals surface area contributed by atoms with Gasteiger partial charge < -0.3 is 29.7 Å². The van der Waals surface area contributed by atoms with Crippen LogP contribution in [0.15, 0.2) is 48.7 Å². The van der Waals surface area contributed by atoms with Crippen LogP contribution in [0.3, 0.4) is 0 Å². The number of hydrogen-bond acceptors (Lipinski definition) is 6. The molecule has 1 aliphatic carbocycles. The number of aliphatic hydroxyl groups is 4. The van der Waals surface area contributed by atoms with E-state index >= 15 is 0 Å². The van der Waals surface area contributed by atoms with E-state index in [4.69, 9.17) is 4.74 Å². The topological polar surface area (TPSA) is 95.1 Å². The molecule has 1 saturated carbocycles. The number of benzene rings is 2. The summed E-state index contributed by atoms with van der Waals surface area (Å²) in [5.41, 5.74) is 3.61. The number of fused-ring (bicyclic) bond motifs is 1. The summed E-state index contributed by atoms with van der Waals surface area (Å²) in [4.78, 5) is 0. The molecule has 33 heavy (non-hydrogen) atoms. The zero-order chi connectivity index (χ0) is 23.7. The highest BCUT2D eigenvalue weighted by atomic mass is 127. The van der Waals surface area contributed by atoms with Gasteiger partial charge >= 0.3 is 0 Å². The van der Waals surface area contributed by atoms with Crippen molar-refractivity contribution in [3.05, 3.63) is 71.2 Å². The first-order chi connectivity index (χ1) is 16.0. The molecule has 9 heteroatoms. The molecule has 2 aliphatic rings. The van der Waals surface area contributed by atoms with Gasteiger partial charge in [-0.3, -0.25) is 0 Å². The quantitative estimate of drug-likeness (QED) is 0.233. The zero-order valence-electron chi connectivity index (χ0n) is 17.8. The minimum atomic E-state index is -1.50. The number of halogens is 2. The normalized spacial score (nSPS) is 27.3. The van der Waals surface area contributed by atoms with E-state index < -0.39 is 37.3 Å². The van der Waals surface area contributed by atoms with Crippen LogP contribution in [0, 0.1) is 5.82 Å². The summed E-state index contributed by atoms with van der Waals surface area (Å²) in [6.45, 7) is -0.519. The van der Waals surface area contributed by atoms with Crippen LogP contribution in [0.25, 0.3) is 10.9 Å². The highest BCUT2D eigenvalue weighted by Gasteiger charge is 2.44. The maximum absolute atomic E-state index is 14.8. The standard InChI is InChI=1S/C24H26FNO5.HIS/c25-17-2-1-3-18-20(17)16(10-13-4-6-14(7-5-13)15-8-9-15)11-26(18)24-23(30)22(29)21(28)19(12-27)31-24;1-2/h1-7,11,15,19,21-24,27-30H,8-10,12H2;2H/t19-,21-,22+,23-,24-;/m1./s1. The van der Waals surface area contributed by atoms with Gasteiger partial charge in [0.15, 0.2) is 6.23 Å². The molecule has 2 aromatic carbocycles. The number of hydrogen-bond donors (Lipinski definition) is 5. The van der Waals surface area contributed by atoms with Gasteiger partial charge in [-0.15, -0.1) is 9.80 Å². The molecule has 4 N–H and O–H groups in total. The van der Waals surface area contributed by atoms with Gasteiger partial charge in [-0.1, -0.05) is 30.3 Å². The van der Waals surface area contributed by atoms with Gasteiger partial charge in [-0.25, -0.2) is 4.39 Å². The van der Waals surface area contributed by atoms with Crippen LogP contribution >= 0.6 is 31.0 Å². The van der Waals surface area contributed by atoms with E-state index in [1.807, 2.05) is 21.2 Å². The van der Waals surface area contributed by atoms with Gasteiger partial charge in [0.25, 0.3) is 0 Å². The molecule has 178 valence electrons. The molecule has 0 spiro atoms. The lowest BCUT2D eigenvalue weighted by Crippen LogP contribution is -2.56. The van der Waals surface area contributed by atoms with Crippen molar-refractivity contribution in [1.82, 2.24) is 4.57 Å². The van der Waals surface area contributed by atoms with E-state index in [9.17, 15) is 24.8 Å². The third kappa shape index (κ3) is 4.95. The fraction of sp³-hybridized carbons (Fsp3) is 0.417. The molecule has 2 heterocycles. The van der Waals surface area contributed by atoms with Crippen LogP contribution in [0.2, 0.25) is 0 Å². The molecule has 1 saturated heterocycles. The average Bonchev–Trinajstić information content (AvgIpc) is 3.62. The second kappa shape index (κ2) is 10.6. The van der Waals surface area contributed by atoms with Crippen molar-refractivity contribution in [2.75, 3.05) is 6.61 Å². The Morgan fingerprint density at radius 1 is 1.00 bits per heavy atom. The van der Waals surface area contributed by atoms with Crippen LogP contribution in [0.4, 0.5) is 4.39 Å². The molecule has 3 aromatic rings. The van der Waals surface area contributed by atoms with E-state index in [2.05, 4.69) is 34.1 Å². The van der Waals surface area contributed by atoms with Crippen molar-refractivity contribution in [3.8, 4) is 0 Å². The molecule has 0 bridgehead atoms. The van der Waals surface area contributed by atoms with Crippen molar-refractivity contribution in [2.24, 2.45) is 0 Å². The molecule has 0 unspecified atom stereocenters. The first kappa shape index (κ1) is 24.9. The summed E-state index contributed by atoms with van der Waals surface area (Å²) in [5, 5.41) is 40.8. The number of ether oxygens (including phenoxy) is 1. The zero-order valence-corrected chi connectivity index (χ0v) is 20.8. The monoisotopic (exact) mass is 587 g/mol. The Morgan fingerprint density at radius 2 is 1.70 bits per heavy atom. The number of rotatable bonds is 5. The first-order valence-electron chi connectivity index (χ1n) is 10.8. The predicted molar refractivity (Wildman–Crippen MR) is 135 cm³/mol. The van der Waals surface area contributed by atoms with Crippen LogP contribution in [-0.4, -0.2) is 56.0 Å². The van der Waals surface area contributed by atoms with E-state index in [1.165, 1.54) is 24.5 Å². The third-order valence-electron chi connectivity index (χ3n) is 6.45. The molecule has 0 radical (unpaired) electrons. The smallest absolute Gasteiger partial charge is 0.163 e. The summed E-state index contributed by atoms with van der Waals surface area (Å²) in [6, 6.07) is 13.1. The molecule has 6 nitrogen and oxygen atoms in total. The summed E-state index contributed by atoms with van der Waals surface area (Å²) in [5.74, 6) is 0.282. The average molecular weight is 587 g/mol. The van der Waals surface area contributed by atoms with E-state index in [-0.39, 0.29) is 5.82 Å². The molecule has 1 aromatic heterocycles. The summed E-state index contributed by atoms with van der Waals surface area (Å²) in [7, 11) is 3.50. The molecule has 5 atom stereocenters. The van der Waals surface area contributed by atoms with Crippen molar-refractivity contribution in [3.63, 3.8) is 0 Å². The van der Waals surface area contributed by atoms with E-state index in [1.54, 1.807) is 22.9 Å². The largest absolute Gasteiger partial charge is 0.394 e. The highest BCUT2D eigenvalue weighted by molar-refractivity contribution is 14.2. The maximum Gasteiger partial charge on any atom is 0.163 e. The summed E-state index contributed by atoms with van der Waals surface area (Å²) < 4.78 is 22.1. The second-order valence-corrected chi connectivity index (χ2v) is 8.61. The highest BCUT2D eigenvalue weighted by Crippen LogP contribution is 2.40. The lowest BCUT2D eigenvalue weighted by molar-refractivity contribution is -0.250. The van der Waals surface area contributed by atoms with Crippen LogP contribution in [0.1, 0.15) is 41.7 Å². The Balaban J connectivity index is 0.00000126. The van der Waals surface area contributed by atoms with Crippen molar-refractivity contribution in [1.29, 1.82) is 0 Å². The van der Waals surface area contributed by atoms with Gasteiger partial charge in [-0.05, 0) is 75.2 Å². The Kier molecular flexibility index (Phi) is 7.99. The second-order valence-electron chi connectivity index (χ2n) is 8.61. The number of aliphatic hydroxyl groups excluding tert-OH is 4. The number of thiol groups is 1. The molecular weight excluding hydrogens is 560 g/mol. The SMILES string of the molecule is OC[C@H]1O[C@@H](n2cc(Cc3ccc(C4CC4)cc3)c3c(F)cccc32)[C@H](O)[C@@H](O)[C@@H]1O.SI. The minimum Gasteiger partial charge on any atom is -0.394 e. The van der Waals surface area contributed by atoms with Gasteiger partial charge in [0.05, 0.1) is 12.1 Å². The summed E-state index contributed by atoms with van der Waals surface area (Å²) >= 11 is 1.84. The number of aromatic nitrogens is 1. The predicted octanol–water partition coefficient (Wildman–Crippen LogP) is 3.49. The molecule has 1 aliphatic heterocycles. The Bertz CT molecular complexity index is 1090. The third-order valence-corrected chi connectivity index (χ3v) is 6.45. The molecule has 0 amide bonds. The van der Waals surface area contributed by atoms with Gasteiger partial charge in [0, 0.05) is 11.6 Å². The van der Waals surface area contributed by atoms with E-state index in [0.717, 1.165) is 11.1 Å². The Hall–Kier alpha value is -1.21. The van der Waals surface area contributed by atoms with Gasteiger partial charge in [0.2, 0.25) is 0 Å². The lowest BCUT2D eigenvalue weighted by atomic mass is 9.98. The van der Waals surface area contributed by atoms with Crippen LogP contribution in [-0.2, 0) is 11.2 Å². The first-order valence-corrected chi connectivity index (χ1v) is 14.1. The summed E-state index contributed by atoms with van der Waals surface area (Å²) in [6.07, 6.45) is -1.82. The molecule has 5 rings (SSSR count). The minimum absolute atomic E-state index is 0.384. The van der Waals surface area contributed by atoms with Crippen molar-refractivity contribution in [2.45, 2.75) is 55.8 Å². The van der Waals surface area contributed by atoms with Crippen molar-refractivity contribution >= 4 is 41.9 Å². The lowest BCUT2D eigenvalue weighted by Gasteiger charge is -2.40. The van der Waals surface area contributed by atoms with Crippen LogP contribution in [0.5, 0.6) is 0 Å². The van der Waals surface area contributed by atoms with Gasteiger partial charge in [-0.2, -0.15) is 0 Å². The molecule has 2 fully saturated rings. The Labute approximate surface area is 209 Å². The fourth-order valence-corrected chi connectivity index (χ4v) is 4.55. The number of nitrogens with zero attached hydrogens (tertiary/aromatic N) is 1. The fourth-order valence-electron chi connectivity index (χ4n) is 4.55. The van der Waals surface area contributed by atoms with Crippen molar-refractivity contribution < 1.29 is 29.6 Å². The van der Waals surface area contributed by atoms with Crippen LogP contribution < -0.4 is 0 Å².